The van der Waals surface area contributed by atoms with E-state index in [-0.39, 0.29) is 0 Å². The molecule has 0 spiro atoms. The number of rotatable bonds is 1. The van der Waals surface area contributed by atoms with E-state index in [0.717, 1.165) is 36.6 Å². The minimum absolute atomic E-state index is 0.370. The summed E-state index contributed by atoms with van der Waals surface area (Å²) in [7, 11) is 0. The van der Waals surface area contributed by atoms with Crippen molar-refractivity contribution in [2.24, 2.45) is 23.7 Å². The highest BCUT2D eigenvalue weighted by molar-refractivity contribution is 5.91. The van der Waals surface area contributed by atoms with Crippen LogP contribution >= 0.6 is 0 Å². The summed E-state index contributed by atoms with van der Waals surface area (Å²) in [5, 5.41) is 3.99. The molecule has 0 amide bonds. The number of hydrogen-bond donors (Lipinski definition) is 1. The summed E-state index contributed by atoms with van der Waals surface area (Å²) in [5.41, 5.74) is 1.47. The number of nitrogens with zero attached hydrogens (tertiary/aromatic N) is 1. The number of carbonyl (C=O) groups is 1. The Bertz CT molecular complexity index is 528. The van der Waals surface area contributed by atoms with E-state index in [1.807, 2.05) is 6.08 Å². The maximum absolute atomic E-state index is 11.9. The van der Waals surface area contributed by atoms with Crippen LogP contribution in [0.5, 0.6) is 0 Å². The predicted octanol–water partition coefficient (Wildman–Crippen LogP) is 2.37. The van der Waals surface area contributed by atoms with Crippen molar-refractivity contribution in [2.75, 3.05) is 13.1 Å². The predicted molar refractivity (Wildman–Crippen MR) is 86.5 cm³/mol. The number of hydrogen-bond acceptors (Lipinski definition) is 3. The molecule has 0 radical (unpaired) electrons. The lowest BCUT2D eigenvalue weighted by atomic mass is 9.63. The van der Waals surface area contributed by atoms with Crippen LogP contribution in [0.3, 0.4) is 0 Å². The molecule has 1 saturated carbocycles. The van der Waals surface area contributed by atoms with Crippen molar-refractivity contribution in [1.82, 2.24) is 10.2 Å². The van der Waals surface area contributed by atoms with E-state index in [1.165, 1.54) is 44.3 Å². The van der Waals surface area contributed by atoms with Crippen LogP contribution in [0, 0.1) is 23.7 Å². The molecule has 0 aromatic rings. The molecule has 22 heavy (non-hydrogen) atoms. The van der Waals surface area contributed by atoms with Crippen LogP contribution in [-0.4, -0.2) is 41.9 Å². The average molecular weight is 300 g/mol. The highest BCUT2D eigenvalue weighted by Crippen LogP contribution is 2.51. The summed E-state index contributed by atoms with van der Waals surface area (Å²) in [6.45, 7) is 4.99. The van der Waals surface area contributed by atoms with Gasteiger partial charge in [-0.2, -0.15) is 0 Å². The molecule has 4 aliphatic heterocycles. The molecule has 5 fully saturated rings. The molecular weight excluding hydrogens is 272 g/mol. The standard InChI is InChI=1S/C19H28N2O/c1-2-12-7-11-8-16-18-14(5-6-21(10-11)19(12)16)15-9-13(22)3-4-17(15)20-18/h9,11-12,14,16-20H,2-8,10H2,1H3. The quantitative estimate of drug-likeness (QED) is 0.807. The first kappa shape index (κ1) is 13.7. The Balaban J connectivity index is 1.51. The van der Waals surface area contributed by atoms with E-state index in [2.05, 4.69) is 17.1 Å². The van der Waals surface area contributed by atoms with Crippen molar-refractivity contribution >= 4 is 5.78 Å². The van der Waals surface area contributed by atoms with Crippen molar-refractivity contribution in [3.63, 3.8) is 0 Å². The fourth-order valence-electron chi connectivity index (χ4n) is 6.70. The van der Waals surface area contributed by atoms with Crippen LogP contribution in [0.25, 0.3) is 0 Å². The largest absolute Gasteiger partial charge is 0.307 e. The highest BCUT2D eigenvalue weighted by atomic mass is 16.1. The van der Waals surface area contributed by atoms with E-state index in [9.17, 15) is 4.79 Å². The Hall–Kier alpha value is -0.670. The number of allylic oxidation sites excluding steroid dienone is 1. The van der Waals surface area contributed by atoms with Crippen molar-refractivity contribution in [1.29, 1.82) is 0 Å². The van der Waals surface area contributed by atoms with Crippen molar-refractivity contribution in [2.45, 2.75) is 63.6 Å². The molecule has 6 aliphatic rings. The fourth-order valence-corrected chi connectivity index (χ4v) is 6.70. The van der Waals surface area contributed by atoms with Crippen molar-refractivity contribution < 1.29 is 4.79 Å². The summed E-state index contributed by atoms with van der Waals surface area (Å²) < 4.78 is 0. The van der Waals surface area contributed by atoms with E-state index < -0.39 is 0 Å². The molecule has 1 N–H and O–H groups in total. The van der Waals surface area contributed by atoms with Crippen LogP contribution in [0.15, 0.2) is 11.6 Å². The second kappa shape index (κ2) is 4.91. The zero-order valence-electron chi connectivity index (χ0n) is 13.6. The number of carbonyl (C=O) groups excluding carboxylic acids is 1. The van der Waals surface area contributed by atoms with E-state index >= 15 is 0 Å². The first-order valence-corrected chi connectivity index (χ1v) is 9.49. The Morgan fingerprint density at radius 1 is 1.32 bits per heavy atom. The third-order valence-corrected chi connectivity index (χ3v) is 7.46. The molecule has 3 heteroatoms. The third-order valence-electron chi connectivity index (χ3n) is 7.46. The number of nitrogens with one attached hydrogen (secondary N) is 1. The van der Waals surface area contributed by atoms with Crippen molar-refractivity contribution in [3.8, 4) is 0 Å². The number of piperidine rings is 2. The Labute approximate surface area is 133 Å². The SMILES string of the molecule is CCC1CC2CC3C4NC5CCC(=O)C=C5C4CCN(C2)C13. The number of ketones is 1. The van der Waals surface area contributed by atoms with Gasteiger partial charge in [-0.1, -0.05) is 13.3 Å². The average Bonchev–Trinajstić information content (AvgIpc) is 2.85. The summed E-state index contributed by atoms with van der Waals surface area (Å²) in [6, 6.07) is 1.98. The summed E-state index contributed by atoms with van der Waals surface area (Å²) >= 11 is 0. The fraction of sp³-hybridized carbons (Fsp3) is 0.842. The van der Waals surface area contributed by atoms with E-state index in [0.29, 0.717) is 23.8 Å². The molecule has 0 aromatic heterocycles. The highest BCUT2D eigenvalue weighted by Gasteiger charge is 2.54. The maximum atomic E-state index is 11.9. The van der Waals surface area contributed by atoms with Gasteiger partial charge in [-0.25, -0.2) is 0 Å². The van der Waals surface area contributed by atoms with Gasteiger partial charge in [0.15, 0.2) is 5.78 Å². The van der Waals surface area contributed by atoms with Crippen molar-refractivity contribution in [3.05, 3.63) is 11.6 Å². The van der Waals surface area contributed by atoms with Crippen LogP contribution in [0.4, 0.5) is 0 Å². The van der Waals surface area contributed by atoms with Gasteiger partial charge in [0, 0.05) is 31.1 Å². The molecule has 3 nitrogen and oxygen atoms in total. The molecule has 120 valence electrons. The van der Waals surface area contributed by atoms with Gasteiger partial charge in [0.25, 0.3) is 0 Å². The van der Waals surface area contributed by atoms with Gasteiger partial charge in [0.05, 0.1) is 0 Å². The Morgan fingerprint density at radius 2 is 2.23 bits per heavy atom. The molecule has 2 aliphatic carbocycles. The number of fused-ring (bicyclic) bond motifs is 4. The summed E-state index contributed by atoms with van der Waals surface area (Å²) in [6.07, 6.45) is 9.32. The molecule has 0 aromatic carbocycles. The monoisotopic (exact) mass is 300 g/mol. The van der Waals surface area contributed by atoms with Gasteiger partial charge < -0.3 is 5.32 Å². The second-order valence-electron chi connectivity index (χ2n) is 8.44. The minimum Gasteiger partial charge on any atom is -0.307 e. The third kappa shape index (κ3) is 1.85. The molecule has 8 atom stereocenters. The van der Waals surface area contributed by atoms with Gasteiger partial charge >= 0.3 is 0 Å². The van der Waals surface area contributed by atoms with Gasteiger partial charge in [-0.05, 0) is 67.5 Å². The maximum Gasteiger partial charge on any atom is 0.155 e. The van der Waals surface area contributed by atoms with Crippen LogP contribution < -0.4 is 5.32 Å². The lowest BCUT2D eigenvalue weighted by molar-refractivity contribution is -0.115. The molecular formula is C19H28N2O. The Morgan fingerprint density at radius 3 is 3.09 bits per heavy atom. The normalized spacial score (nSPS) is 52.8. The lowest BCUT2D eigenvalue weighted by Gasteiger charge is -2.54. The van der Waals surface area contributed by atoms with Gasteiger partial charge in [0.2, 0.25) is 0 Å². The van der Waals surface area contributed by atoms with E-state index in [4.69, 9.17) is 0 Å². The Kier molecular flexibility index (Phi) is 3.07. The molecule has 4 saturated heterocycles. The zero-order valence-corrected chi connectivity index (χ0v) is 13.6. The summed E-state index contributed by atoms with van der Waals surface area (Å²) in [5.74, 6) is 3.68. The molecule has 4 heterocycles. The first-order chi connectivity index (χ1) is 10.7. The van der Waals surface area contributed by atoms with Crippen LogP contribution in [-0.2, 0) is 4.79 Å². The first-order valence-electron chi connectivity index (χ1n) is 9.49. The minimum atomic E-state index is 0.370. The topological polar surface area (TPSA) is 32.3 Å². The smallest absolute Gasteiger partial charge is 0.155 e. The second-order valence-corrected chi connectivity index (χ2v) is 8.44. The van der Waals surface area contributed by atoms with Gasteiger partial charge in [-0.15, -0.1) is 0 Å². The molecule has 6 rings (SSSR count). The molecule has 4 bridgehead atoms. The summed E-state index contributed by atoms with van der Waals surface area (Å²) in [4.78, 5) is 14.7. The zero-order chi connectivity index (χ0) is 14.8. The van der Waals surface area contributed by atoms with Crippen LogP contribution in [0.1, 0.15) is 45.4 Å². The van der Waals surface area contributed by atoms with Gasteiger partial charge in [0.1, 0.15) is 0 Å². The lowest BCUT2D eigenvalue weighted by Crippen LogP contribution is -2.60. The molecule has 8 unspecified atom stereocenters. The van der Waals surface area contributed by atoms with E-state index in [1.54, 1.807) is 0 Å². The van der Waals surface area contributed by atoms with Gasteiger partial charge in [-0.3, -0.25) is 9.69 Å². The van der Waals surface area contributed by atoms with Crippen LogP contribution in [0.2, 0.25) is 0 Å².